The highest BCUT2D eigenvalue weighted by Gasteiger charge is 2.11. The molecule has 1 aromatic rings. The lowest BCUT2D eigenvalue weighted by molar-refractivity contribution is 0.0858. The van der Waals surface area contributed by atoms with Crippen molar-refractivity contribution in [2.45, 2.75) is 20.0 Å². The van der Waals surface area contributed by atoms with E-state index in [0.29, 0.717) is 19.1 Å². The maximum Gasteiger partial charge on any atom is 0.255 e. The summed E-state index contributed by atoms with van der Waals surface area (Å²) in [4.78, 5) is 7.68. The van der Waals surface area contributed by atoms with E-state index < -0.39 is 5.82 Å². The van der Waals surface area contributed by atoms with Gasteiger partial charge in [0.25, 0.3) is 5.88 Å². The average molecular weight is 229 g/mol. The summed E-state index contributed by atoms with van der Waals surface area (Å²) in [6.07, 6.45) is 0.823. The van der Waals surface area contributed by atoms with Crippen LogP contribution in [0.3, 0.4) is 0 Å². The molecule has 0 aromatic carbocycles. The van der Waals surface area contributed by atoms with Gasteiger partial charge in [0.05, 0.1) is 12.8 Å². The minimum atomic E-state index is -0.579. The van der Waals surface area contributed by atoms with Crippen molar-refractivity contribution in [3.8, 4) is 5.88 Å². The standard InChI is InChI=1S/C10H16FN3O2/c1-4-12-10-13-5-8(11)9(14-10)16-7(2)6-15-3/h5,7H,4,6H2,1-3H3,(H,12,13,14). The molecule has 0 aliphatic rings. The van der Waals surface area contributed by atoms with Crippen LogP contribution in [0.2, 0.25) is 0 Å². The van der Waals surface area contributed by atoms with Gasteiger partial charge >= 0.3 is 0 Å². The summed E-state index contributed by atoms with van der Waals surface area (Å²) in [5, 5.41) is 2.88. The van der Waals surface area contributed by atoms with Crippen molar-refractivity contribution in [1.29, 1.82) is 0 Å². The Morgan fingerprint density at radius 3 is 2.94 bits per heavy atom. The second kappa shape index (κ2) is 6.22. The minimum absolute atomic E-state index is 0.0597. The molecule has 0 aliphatic heterocycles. The lowest BCUT2D eigenvalue weighted by Crippen LogP contribution is -2.19. The SMILES string of the molecule is CCNc1ncc(F)c(OC(C)COC)n1. The maximum atomic E-state index is 13.3. The third kappa shape index (κ3) is 3.62. The molecule has 1 N–H and O–H groups in total. The lowest BCUT2D eigenvalue weighted by atomic mass is 10.4. The summed E-state index contributed by atoms with van der Waals surface area (Å²) in [6.45, 7) is 4.72. The van der Waals surface area contributed by atoms with E-state index in [4.69, 9.17) is 9.47 Å². The van der Waals surface area contributed by atoms with Gasteiger partial charge in [-0.25, -0.2) is 4.98 Å². The average Bonchev–Trinajstić information content (AvgIpc) is 2.24. The fourth-order valence-electron chi connectivity index (χ4n) is 1.14. The number of nitrogens with zero attached hydrogens (tertiary/aromatic N) is 2. The normalized spacial score (nSPS) is 12.2. The third-order valence-corrected chi connectivity index (χ3v) is 1.76. The number of ether oxygens (including phenoxy) is 2. The number of methoxy groups -OCH3 is 1. The molecule has 16 heavy (non-hydrogen) atoms. The van der Waals surface area contributed by atoms with Crippen molar-refractivity contribution in [3.63, 3.8) is 0 Å². The van der Waals surface area contributed by atoms with E-state index in [-0.39, 0.29) is 12.0 Å². The maximum absolute atomic E-state index is 13.3. The van der Waals surface area contributed by atoms with Crippen LogP contribution in [0.1, 0.15) is 13.8 Å². The Balaban J connectivity index is 2.73. The monoisotopic (exact) mass is 229 g/mol. The summed E-state index contributed by atoms with van der Waals surface area (Å²) in [7, 11) is 1.56. The topological polar surface area (TPSA) is 56.3 Å². The molecule has 1 atom stereocenters. The van der Waals surface area contributed by atoms with Crippen LogP contribution in [0.15, 0.2) is 6.20 Å². The molecule has 0 fully saturated rings. The van der Waals surface area contributed by atoms with E-state index in [9.17, 15) is 4.39 Å². The van der Waals surface area contributed by atoms with E-state index in [1.54, 1.807) is 14.0 Å². The molecule has 0 amide bonds. The van der Waals surface area contributed by atoms with Crippen LogP contribution in [0.5, 0.6) is 5.88 Å². The zero-order chi connectivity index (χ0) is 12.0. The van der Waals surface area contributed by atoms with Gasteiger partial charge in [-0.1, -0.05) is 0 Å². The summed E-state index contributed by atoms with van der Waals surface area (Å²) < 4.78 is 23.5. The first kappa shape index (κ1) is 12.6. The third-order valence-electron chi connectivity index (χ3n) is 1.76. The van der Waals surface area contributed by atoms with Gasteiger partial charge in [0.2, 0.25) is 11.8 Å². The molecule has 90 valence electrons. The van der Waals surface area contributed by atoms with Crippen molar-refractivity contribution in [2.75, 3.05) is 25.6 Å². The molecule has 1 aromatic heterocycles. The molecule has 1 rings (SSSR count). The molecule has 1 unspecified atom stereocenters. The van der Waals surface area contributed by atoms with Gasteiger partial charge in [-0.15, -0.1) is 0 Å². The highest BCUT2D eigenvalue weighted by molar-refractivity contribution is 5.28. The second-order valence-electron chi connectivity index (χ2n) is 3.26. The lowest BCUT2D eigenvalue weighted by Gasteiger charge is -2.13. The number of nitrogens with one attached hydrogen (secondary N) is 1. The Hall–Kier alpha value is -1.43. The summed E-state index contributed by atoms with van der Waals surface area (Å²) in [5.41, 5.74) is 0. The Morgan fingerprint density at radius 1 is 1.56 bits per heavy atom. The Bertz CT molecular complexity index is 336. The van der Waals surface area contributed by atoms with Crippen molar-refractivity contribution in [2.24, 2.45) is 0 Å². The van der Waals surface area contributed by atoms with Crippen LogP contribution < -0.4 is 10.1 Å². The minimum Gasteiger partial charge on any atom is -0.470 e. The summed E-state index contributed by atoms with van der Waals surface area (Å²) in [6, 6.07) is 0. The first-order valence-corrected chi connectivity index (χ1v) is 5.09. The van der Waals surface area contributed by atoms with Crippen LogP contribution in [-0.4, -0.2) is 36.3 Å². The van der Waals surface area contributed by atoms with Gasteiger partial charge in [0, 0.05) is 13.7 Å². The molecule has 0 saturated carbocycles. The van der Waals surface area contributed by atoms with E-state index >= 15 is 0 Å². The largest absolute Gasteiger partial charge is 0.470 e. The first-order chi connectivity index (χ1) is 7.67. The molecule has 0 radical (unpaired) electrons. The quantitative estimate of drug-likeness (QED) is 0.800. The molecule has 6 heteroatoms. The first-order valence-electron chi connectivity index (χ1n) is 5.09. The van der Waals surface area contributed by atoms with Crippen LogP contribution in [0.4, 0.5) is 10.3 Å². The fraction of sp³-hybridized carbons (Fsp3) is 0.600. The van der Waals surface area contributed by atoms with Crippen molar-refractivity contribution in [3.05, 3.63) is 12.0 Å². The van der Waals surface area contributed by atoms with E-state index in [1.165, 1.54) is 0 Å². The molecule has 0 spiro atoms. The molecular formula is C10H16FN3O2. The second-order valence-corrected chi connectivity index (χ2v) is 3.26. The van der Waals surface area contributed by atoms with Crippen LogP contribution in [-0.2, 0) is 4.74 Å². The Labute approximate surface area is 94.0 Å². The molecule has 5 nitrogen and oxygen atoms in total. The Morgan fingerprint density at radius 2 is 2.31 bits per heavy atom. The number of rotatable bonds is 6. The molecule has 0 bridgehead atoms. The number of halogens is 1. The molecule has 0 saturated heterocycles. The van der Waals surface area contributed by atoms with Gasteiger partial charge < -0.3 is 14.8 Å². The van der Waals surface area contributed by atoms with Crippen molar-refractivity contribution < 1.29 is 13.9 Å². The zero-order valence-electron chi connectivity index (χ0n) is 9.66. The summed E-state index contributed by atoms with van der Waals surface area (Å²) in [5.74, 6) is -0.288. The number of aromatic nitrogens is 2. The number of anilines is 1. The zero-order valence-corrected chi connectivity index (χ0v) is 9.66. The van der Waals surface area contributed by atoms with Crippen molar-refractivity contribution >= 4 is 5.95 Å². The van der Waals surface area contributed by atoms with E-state index in [2.05, 4.69) is 15.3 Å². The van der Waals surface area contributed by atoms with Gasteiger partial charge in [-0.2, -0.15) is 9.37 Å². The highest BCUT2D eigenvalue weighted by Crippen LogP contribution is 2.15. The van der Waals surface area contributed by atoms with E-state index in [0.717, 1.165) is 6.20 Å². The molecule has 1 heterocycles. The van der Waals surface area contributed by atoms with E-state index in [1.807, 2.05) is 6.92 Å². The number of hydrogen-bond acceptors (Lipinski definition) is 5. The molecular weight excluding hydrogens is 213 g/mol. The Kier molecular flexibility index (Phi) is 4.91. The van der Waals surface area contributed by atoms with Crippen LogP contribution in [0.25, 0.3) is 0 Å². The van der Waals surface area contributed by atoms with Crippen LogP contribution in [0, 0.1) is 5.82 Å². The van der Waals surface area contributed by atoms with Crippen LogP contribution >= 0.6 is 0 Å². The van der Waals surface area contributed by atoms with Gasteiger partial charge in [0.1, 0.15) is 6.10 Å². The highest BCUT2D eigenvalue weighted by atomic mass is 19.1. The predicted octanol–water partition coefficient (Wildman–Crippen LogP) is 1.46. The number of hydrogen-bond donors (Lipinski definition) is 1. The fourth-order valence-corrected chi connectivity index (χ4v) is 1.14. The van der Waals surface area contributed by atoms with Gasteiger partial charge in [-0.3, -0.25) is 0 Å². The van der Waals surface area contributed by atoms with Gasteiger partial charge in [-0.05, 0) is 13.8 Å². The van der Waals surface area contributed by atoms with Gasteiger partial charge in [0.15, 0.2) is 0 Å². The van der Waals surface area contributed by atoms with Crippen molar-refractivity contribution in [1.82, 2.24) is 9.97 Å². The smallest absolute Gasteiger partial charge is 0.255 e. The molecule has 0 aliphatic carbocycles. The summed E-state index contributed by atoms with van der Waals surface area (Å²) >= 11 is 0. The predicted molar refractivity (Wildman–Crippen MR) is 58.1 cm³/mol.